The van der Waals surface area contributed by atoms with Gasteiger partial charge in [-0.3, -0.25) is 0 Å². The summed E-state index contributed by atoms with van der Waals surface area (Å²) in [7, 11) is 2.24. The molecule has 134 valence electrons. The van der Waals surface area contributed by atoms with Crippen LogP contribution in [0.1, 0.15) is 79.6 Å². The maximum absolute atomic E-state index is 11.1. The molecule has 1 aliphatic carbocycles. The minimum atomic E-state index is -0.234. The molecule has 1 saturated heterocycles. The van der Waals surface area contributed by atoms with Crippen molar-refractivity contribution in [3.63, 3.8) is 0 Å². The van der Waals surface area contributed by atoms with Crippen LogP contribution in [0.2, 0.25) is 0 Å². The summed E-state index contributed by atoms with van der Waals surface area (Å²) >= 11 is 0. The highest BCUT2D eigenvalue weighted by molar-refractivity contribution is 5.87. The number of carbonyl (C=O) groups excluding carboxylic acids is 1. The molecule has 1 heterocycles. The highest BCUT2D eigenvalue weighted by Gasteiger charge is 2.42. The van der Waals surface area contributed by atoms with Crippen LogP contribution in [0.5, 0.6) is 0 Å². The van der Waals surface area contributed by atoms with Crippen molar-refractivity contribution in [2.75, 3.05) is 13.6 Å². The summed E-state index contributed by atoms with van der Waals surface area (Å²) < 4.78 is 5.21. The van der Waals surface area contributed by atoms with Gasteiger partial charge in [-0.25, -0.2) is 4.79 Å². The van der Waals surface area contributed by atoms with Crippen LogP contribution in [0.3, 0.4) is 0 Å². The molecule has 0 aromatic rings. The molecule has 0 aromatic heterocycles. The Bertz CT molecular complexity index is 406. The summed E-state index contributed by atoms with van der Waals surface area (Å²) in [4.78, 5) is 13.6. The quantitative estimate of drug-likeness (QED) is 0.531. The summed E-state index contributed by atoms with van der Waals surface area (Å²) in [5.74, 6) is -0.234. The number of ether oxygens (including phenoxy) is 1. The molecule has 2 aliphatic rings. The van der Waals surface area contributed by atoms with E-state index in [9.17, 15) is 4.79 Å². The molecule has 0 aromatic carbocycles. The van der Waals surface area contributed by atoms with Crippen LogP contribution in [-0.4, -0.2) is 36.1 Å². The van der Waals surface area contributed by atoms with Crippen molar-refractivity contribution in [2.45, 2.75) is 91.2 Å². The molecule has 0 spiro atoms. The first-order valence-corrected chi connectivity index (χ1v) is 9.15. The van der Waals surface area contributed by atoms with E-state index in [-0.39, 0.29) is 12.1 Å². The Balaban J connectivity index is 0.000000231. The number of carbonyl (C=O) groups is 1. The monoisotopic (exact) mass is 323 g/mol. The number of nitrogens with zero attached hydrogens (tertiary/aromatic N) is 1. The summed E-state index contributed by atoms with van der Waals surface area (Å²) in [6.45, 7) is 16.0. The summed E-state index contributed by atoms with van der Waals surface area (Å²) in [6.07, 6.45) is 8.58. The lowest BCUT2D eigenvalue weighted by molar-refractivity contribution is -0.145. The van der Waals surface area contributed by atoms with Gasteiger partial charge in [0.1, 0.15) is 6.10 Å². The molecule has 0 bridgehead atoms. The normalized spacial score (nSPS) is 24.3. The van der Waals surface area contributed by atoms with Crippen molar-refractivity contribution in [3.8, 4) is 0 Å². The smallest absolute Gasteiger partial charge is 0.333 e. The largest absolute Gasteiger partial charge is 0.459 e. The van der Waals surface area contributed by atoms with Gasteiger partial charge in [-0.1, -0.05) is 26.8 Å². The number of likely N-dealkylation sites (tertiary alicyclic amines) is 1. The molecule has 1 saturated carbocycles. The van der Waals surface area contributed by atoms with Crippen LogP contribution >= 0.6 is 0 Å². The summed E-state index contributed by atoms with van der Waals surface area (Å²) in [5.41, 5.74) is 1.34. The Kier molecular flexibility index (Phi) is 7.31. The van der Waals surface area contributed by atoms with Crippen LogP contribution in [0.25, 0.3) is 0 Å². The number of piperidine rings is 1. The molecule has 0 radical (unpaired) electrons. The lowest BCUT2D eigenvalue weighted by atomic mass is 9.68. The van der Waals surface area contributed by atoms with Gasteiger partial charge in [-0.2, -0.15) is 0 Å². The minimum absolute atomic E-state index is 0.156. The molecule has 3 heteroatoms. The van der Waals surface area contributed by atoms with Gasteiger partial charge in [0.05, 0.1) is 0 Å². The topological polar surface area (TPSA) is 29.5 Å². The average Bonchev–Trinajstić information content (AvgIpc) is 2.47. The van der Waals surface area contributed by atoms with E-state index < -0.39 is 0 Å². The Hall–Kier alpha value is -0.830. The molecule has 2 rings (SSSR count). The van der Waals surface area contributed by atoms with E-state index in [0.717, 1.165) is 12.8 Å². The Morgan fingerprint density at radius 3 is 2.09 bits per heavy atom. The zero-order chi connectivity index (χ0) is 17.7. The fourth-order valence-corrected chi connectivity index (χ4v) is 3.30. The van der Waals surface area contributed by atoms with Gasteiger partial charge in [0.15, 0.2) is 0 Å². The average molecular weight is 324 g/mol. The second kappa shape index (κ2) is 8.32. The third kappa shape index (κ3) is 5.63. The van der Waals surface area contributed by atoms with Crippen molar-refractivity contribution >= 4 is 5.97 Å². The highest BCUT2D eigenvalue weighted by atomic mass is 16.5. The molecule has 0 unspecified atom stereocenters. The molecule has 23 heavy (non-hydrogen) atoms. The van der Waals surface area contributed by atoms with Gasteiger partial charge in [-0.15, -0.1) is 0 Å². The molecule has 0 N–H and O–H groups in total. The van der Waals surface area contributed by atoms with Gasteiger partial charge in [-0.05, 0) is 78.3 Å². The van der Waals surface area contributed by atoms with E-state index in [1.54, 1.807) is 6.92 Å². The van der Waals surface area contributed by atoms with Crippen molar-refractivity contribution < 1.29 is 9.53 Å². The second-order valence-electron chi connectivity index (χ2n) is 8.41. The first-order chi connectivity index (χ1) is 10.6. The maximum atomic E-state index is 11.1. The Labute approximate surface area is 143 Å². The van der Waals surface area contributed by atoms with Crippen molar-refractivity contribution in [1.29, 1.82) is 0 Å². The number of hydrogen-bond donors (Lipinski definition) is 0. The second-order valence-corrected chi connectivity index (χ2v) is 8.41. The highest BCUT2D eigenvalue weighted by Crippen LogP contribution is 2.42. The molecule has 1 aliphatic heterocycles. The Morgan fingerprint density at radius 1 is 1.09 bits per heavy atom. The first-order valence-electron chi connectivity index (χ1n) is 9.15. The van der Waals surface area contributed by atoms with Crippen LogP contribution in [0, 0.1) is 5.41 Å². The van der Waals surface area contributed by atoms with E-state index in [1.807, 2.05) is 0 Å². The van der Waals surface area contributed by atoms with E-state index in [0.29, 0.717) is 16.5 Å². The molecule has 0 atom stereocenters. The third-order valence-corrected chi connectivity index (χ3v) is 6.08. The van der Waals surface area contributed by atoms with Crippen molar-refractivity contribution in [2.24, 2.45) is 5.41 Å². The standard InChI is InChI=1S/C10H21N.C10H16O2/c1-9(2)7-6-8-11(5)10(9,3)4;1-8(2)10(11)12-9-6-4-3-5-7-9/h6-8H2,1-5H3;9H,1,3-7H2,2H3. The summed E-state index contributed by atoms with van der Waals surface area (Å²) in [5, 5.41) is 0. The van der Waals surface area contributed by atoms with Gasteiger partial charge >= 0.3 is 5.97 Å². The van der Waals surface area contributed by atoms with Gasteiger partial charge in [0.2, 0.25) is 0 Å². The maximum Gasteiger partial charge on any atom is 0.333 e. The van der Waals surface area contributed by atoms with E-state index in [1.165, 1.54) is 38.6 Å². The molecule has 3 nitrogen and oxygen atoms in total. The van der Waals surface area contributed by atoms with E-state index >= 15 is 0 Å². The third-order valence-electron chi connectivity index (χ3n) is 6.08. The number of hydrogen-bond acceptors (Lipinski definition) is 3. The molecular formula is C20H37NO2. The van der Waals surface area contributed by atoms with Crippen molar-refractivity contribution in [1.82, 2.24) is 4.90 Å². The zero-order valence-corrected chi connectivity index (χ0v) is 16.2. The molecule has 2 fully saturated rings. The number of esters is 1. The number of rotatable bonds is 2. The Morgan fingerprint density at radius 2 is 1.65 bits per heavy atom. The van der Waals surface area contributed by atoms with E-state index in [2.05, 4.69) is 46.2 Å². The fraction of sp³-hybridized carbons (Fsp3) is 0.850. The lowest BCUT2D eigenvalue weighted by Crippen LogP contribution is -2.55. The van der Waals surface area contributed by atoms with Crippen LogP contribution in [-0.2, 0) is 9.53 Å². The van der Waals surface area contributed by atoms with Gasteiger partial charge < -0.3 is 9.64 Å². The van der Waals surface area contributed by atoms with Crippen LogP contribution < -0.4 is 0 Å². The predicted octanol–water partition coefficient (Wildman–Crippen LogP) is 4.96. The molecular weight excluding hydrogens is 286 g/mol. The van der Waals surface area contributed by atoms with Gasteiger partial charge in [0, 0.05) is 11.1 Å². The van der Waals surface area contributed by atoms with Crippen LogP contribution in [0.4, 0.5) is 0 Å². The summed E-state index contributed by atoms with van der Waals surface area (Å²) in [6, 6.07) is 0. The zero-order valence-electron chi connectivity index (χ0n) is 16.2. The van der Waals surface area contributed by atoms with E-state index in [4.69, 9.17) is 4.74 Å². The fourth-order valence-electron chi connectivity index (χ4n) is 3.30. The predicted molar refractivity (Wildman–Crippen MR) is 97.5 cm³/mol. The first kappa shape index (κ1) is 20.2. The van der Waals surface area contributed by atoms with Crippen molar-refractivity contribution in [3.05, 3.63) is 12.2 Å². The molecule has 0 amide bonds. The van der Waals surface area contributed by atoms with Crippen LogP contribution in [0.15, 0.2) is 12.2 Å². The lowest BCUT2D eigenvalue weighted by Gasteiger charge is -2.52. The SMILES string of the molecule is C=C(C)C(=O)OC1CCCCC1.CN1CCCC(C)(C)C1(C)C. The van der Waals surface area contributed by atoms with Gasteiger partial charge in [0.25, 0.3) is 0 Å². The minimum Gasteiger partial charge on any atom is -0.459 e.